The minimum atomic E-state index is -0.512. The second-order valence-electron chi connectivity index (χ2n) is 7.71. The van der Waals surface area contributed by atoms with Gasteiger partial charge in [0.1, 0.15) is 18.5 Å². The normalized spacial score (nSPS) is 11.1. The van der Waals surface area contributed by atoms with Crippen LogP contribution in [0.4, 0.5) is 10.1 Å². The van der Waals surface area contributed by atoms with Crippen LogP contribution in [0.15, 0.2) is 79.1 Å². The highest BCUT2D eigenvalue weighted by Gasteiger charge is 2.22. The lowest BCUT2D eigenvalue weighted by Crippen LogP contribution is -2.01. The summed E-state index contributed by atoms with van der Waals surface area (Å²) in [6.45, 7) is 2.17. The number of aromatic nitrogens is 3. The summed E-state index contributed by atoms with van der Waals surface area (Å²) >= 11 is 0. The zero-order valence-electron chi connectivity index (χ0n) is 17.9. The van der Waals surface area contributed by atoms with Gasteiger partial charge in [-0.1, -0.05) is 42.5 Å². The van der Waals surface area contributed by atoms with Gasteiger partial charge in [0.05, 0.1) is 11.2 Å². The molecule has 0 radical (unpaired) electrons. The summed E-state index contributed by atoms with van der Waals surface area (Å²) in [6, 6.07) is 21.6. The number of benzene rings is 3. The van der Waals surface area contributed by atoms with Gasteiger partial charge in [-0.3, -0.25) is 0 Å². The van der Waals surface area contributed by atoms with E-state index in [0.717, 1.165) is 22.4 Å². The highest BCUT2D eigenvalue weighted by molar-refractivity contribution is 5.93. The first-order valence-corrected chi connectivity index (χ1v) is 10.4. The van der Waals surface area contributed by atoms with E-state index >= 15 is 4.39 Å². The molecule has 7 heteroatoms. The molecule has 0 unspecified atom stereocenters. The smallest absolute Gasteiger partial charge is 0.239 e. The quantitative estimate of drug-likeness (QED) is 0.357. The molecule has 0 fully saturated rings. The number of hydrogen-bond acceptors (Lipinski definition) is 5. The van der Waals surface area contributed by atoms with Crippen LogP contribution in [0.25, 0.3) is 28.0 Å². The molecule has 0 bridgehead atoms. The van der Waals surface area contributed by atoms with Gasteiger partial charge >= 0.3 is 0 Å². The minimum Gasteiger partial charge on any atom is -0.492 e. The Morgan fingerprint density at radius 3 is 2.48 bits per heavy atom. The topological polar surface area (TPSA) is 86.2 Å². The van der Waals surface area contributed by atoms with E-state index in [4.69, 9.17) is 10.5 Å². The molecule has 2 aromatic heterocycles. The predicted octanol–water partition coefficient (Wildman–Crippen LogP) is 5.40. The number of ether oxygens (including phenoxy) is 1. The van der Waals surface area contributed by atoms with Crippen molar-refractivity contribution in [3.8, 4) is 28.6 Å². The lowest BCUT2D eigenvalue weighted by molar-refractivity contribution is 0.290. The Balaban J connectivity index is 1.62. The zero-order chi connectivity index (χ0) is 22.9. The molecule has 164 valence electrons. The molecular formula is C26H21FN4O2. The van der Waals surface area contributed by atoms with Crippen molar-refractivity contribution in [1.82, 2.24) is 14.5 Å². The van der Waals surface area contributed by atoms with Crippen molar-refractivity contribution in [1.29, 1.82) is 0 Å². The minimum absolute atomic E-state index is 0.144. The molecule has 0 saturated heterocycles. The zero-order valence-corrected chi connectivity index (χ0v) is 17.9. The molecule has 0 aliphatic heterocycles. The first-order valence-electron chi connectivity index (χ1n) is 10.4. The van der Waals surface area contributed by atoms with Crippen LogP contribution in [-0.2, 0) is 6.61 Å². The summed E-state index contributed by atoms with van der Waals surface area (Å²) in [5, 5.41) is 10.6. The highest BCUT2D eigenvalue weighted by atomic mass is 19.1. The monoisotopic (exact) mass is 440 g/mol. The molecular weight excluding hydrogens is 419 g/mol. The van der Waals surface area contributed by atoms with Crippen molar-refractivity contribution in [3.63, 3.8) is 0 Å². The van der Waals surface area contributed by atoms with Crippen LogP contribution < -0.4 is 10.5 Å². The fourth-order valence-corrected chi connectivity index (χ4v) is 3.97. The van der Waals surface area contributed by atoms with Gasteiger partial charge in [-0.15, -0.1) is 0 Å². The van der Waals surface area contributed by atoms with E-state index in [1.807, 2.05) is 49.4 Å². The van der Waals surface area contributed by atoms with Crippen molar-refractivity contribution in [2.75, 3.05) is 5.73 Å². The number of aromatic hydroxyl groups is 1. The van der Waals surface area contributed by atoms with Crippen molar-refractivity contribution >= 4 is 16.7 Å². The van der Waals surface area contributed by atoms with Crippen LogP contribution in [0.1, 0.15) is 11.1 Å². The number of hydrogen-bond donors (Lipinski definition) is 2. The second-order valence-corrected chi connectivity index (χ2v) is 7.71. The first-order chi connectivity index (χ1) is 16.0. The van der Waals surface area contributed by atoms with E-state index in [1.54, 1.807) is 28.8 Å². The Labute approximate surface area is 189 Å². The van der Waals surface area contributed by atoms with E-state index in [2.05, 4.69) is 9.97 Å². The number of rotatable bonds is 5. The molecule has 3 N–H and O–H groups in total. The van der Waals surface area contributed by atoms with Crippen molar-refractivity contribution < 1.29 is 14.2 Å². The van der Waals surface area contributed by atoms with Crippen LogP contribution in [-0.4, -0.2) is 19.6 Å². The molecule has 5 aromatic rings. The van der Waals surface area contributed by atoms with Crippen LogP contribution in [0.2, 0.25) is 0 Å². The third-order valence-corrected chi connectivity index (χ3v) is 5.56. The summed E-state index contributed by atoms with van der Waals surface area (Å²) in [5.41, 5.74) is 11.4. The maximum absolute atomic E-state index is 15.1. The average molecular weight is 440 g/mol. The number of aryl methyl sites for hydroxylation is 1. The average Bonchev–Trinajstić information content (AvgIpc) is 3.13. The Bertz CT molecular complexity index is 1450. The third-order valence-electron chi connectivity index (χ3n) is 5.56. The third kappa shape index (κ3) is 3.74. The lowest BCUT2D eigenvalue weighted by atomic mass is 10.1. The van der Waals surface area contributed by atoms with Crippen molar-refractivity contribution in [3.05, 3.63) is 96.1 Å². The fourth-order valence-electron chi connectivity index (χ4n) is 3.97. The van der Waals surface area contributed by atoms with E-state index in [-0.39, 0.29) is 18.2 Å². The predicted molar refractivity (Wildman–Crippen MR) is 126 cm³/mol. The number of halogens is 1. The number of anilines is 1. The fraction of sp³-hybridized carbons (Fsp3) is 0.0769. The highest BCUT2D eigenvalue weighted by Crippen LogP contribution is 2.38. The van der Waals surface area contributed by atoms with Crippen LogP contribution in [0, 0.1) is 12.7 Å². The molecule has 3 aromatic carbocycles. The van der Waals surface area contributed by atoms with Gasteiger partial charge in [0.25, 0.3) is 0 Å². The summed E-state index contributed by atoms with van der Waals surface area (Å²) in [6.07, 6.45) is 1.31. The van der Waals surface area contributed by atoms with Gasteiger partial charge in [-0.25, -0.2) is 14.4 Å². The van der Waals surface area contributed by atoms with Gasteiger partial charge in [0, 0.05) is 23.0 Å². The molecule has 33 heavy (non-hydrogen) atoms. The lowest BCUT2D eigenvalue weighted by Gasteiger charge is -2.14. The number of fused-ring (bicyclic) bond motifs is 1. The van der Waals surface area contributed by atoms with E-state index in [1.165, 1.54) is 12.4 Å². The van der Waals surface area contributed by atoms with Crippen LogP contribution >= 0.6 is 0 Å². The van der Waals surface area contributed by atoms with Crippen LogP contribution in [0.5, 0.6) is 11.6 Å². The molecule has 0 atom stereocenters. The summed E-state index contributed by atoms with van der Waals surface area (Å²) in [4.78, 5) is 8.30. The largest absolute Gasteiger partial charge is 0.492 e. The maximum Gasteiger partial charge on any atom is 0.239 e. The molecule has 0 spiro atoms. The van der Waals surface area contributed by atoms with Crippen molar-refractivity contribution in [2.45, 2.75) is 13.5 Å². The van der Waals surface area contributed by atoms with Gasteiger partial charge in [0.15, 0.2) is 11.6 Å². The molecule has 0 saturated carbocycles. The molecule has 5 rings (SSSR count). The van der Waals surface area contributed by atoms with E-state index in [0.29, 0.717) is 22.4 Å². The maximum atomic E-state index is 15.1. The standard InChI is InChI=1S/C26H21FN4O2/c1-16-23-25(26(32)30-15-29-23)31(24(16)18-7-9-19(28)10-8-18)20-11-12-22(21(27)13-20)33-14-17-5-3-2-4-6-17/h2-13,15H,14,28H2,1H3,(H,29,30,32). The van der Waals surface area contributed by atoms with E-state index < -0.39 is 5.82 Å². The van der Waals surface area contributed by atoms with Gasteiger partial charge < -0.3 is 20.1 Å². The Morgan fingerprint density at radius 2 is 1.76 bits per heavy atom. The number of nitrogen functional groups attached to an aromatic ring is 1. The SMILES string of the molecule is Cc1c(-c2ccc(N)cc2)n(-c2ccc(OCc3ccccc3)c(F)c2)c2c(O)ncnc12. The summed E-state index contributed by atoms with van der Waals surface area (Å²) < 4.78 is 22.5. The van der Waals surface area contributed by atoms with Crippen molar-refractivity contribution in [2.24, 2.45) is 0 Å². The first kappa shape index (κ1) is 20.5. The molecule has 6 nitrogen and oxygen atoms in total. The number of nitrogens with zero attached hydrogens (tertiary/aromatic N) is 3. The Morgan fingerprint density at radius 1 is 1.00 bits per heavy atom. The molecule has 0 aliphatic carbocycles. The Kier molecular flexibility index (Phi) is 5.14. The molecule has 2 heterocycles. The van der Waals surface area contributed by atoms with E-state index in [9.17, 15) is 5.11 Å². The van der Waals surface area contributed by atoms with Gasteiger partial charge in [-0.2, -0.15) is 0 Å². The molecule has 0 aliphatic rings. The van der Waals surface area contributed by atoms with Gasteiger partial charge in [-0.05, 0) is 42.3 Å². The summed E-state index contributed by atoms with van der Waals surface area (Å²) in [5.74, 6) is -0.553. The van der Waals surface area contributed by atoms with Crippen LogP contribution in [0.3, 0.4) is 0 Å². The number of nitrogens with two attached hydrogens (primary N) is 1. The summed E-state index contributed by atoms with van der Waals surface area (Å²) in [7, 11) is 0. The second kappa shape index (κ2) is 8.27. The Hall–Kier alpha value is -4.39. The molecule has 0 amide bonds. The van der Waals surface area contributed by atoms with Gasteiger partial charge in [0.2, 0.25) is 5.88 Å².